The third-order valence-electron chi connectivity index (χ3n) is 2.05. The molecule has 15 heavy (non-hydrogen) atoms. The van der Waals surface area contributed by atoms with E-state index in [1.165, 1.54) is 0 Å². The van der Waals surface area contributed by atoms with Gasteiger partial charge in [-0.1, -0.05) is 0 Å². The Hall–Kier alpha value is -0.490. The number of carbonyl (C=O) groups excluding carboxylic acids is 1. The summed E-state index contributed by atoms with van der Waals surface area (Å²) in [5.74, 6) is -1.11. The van der Waals surface area contributed by atoms with Crippen molar-refractivity contribution in [3.63, 3.8) is 0 Å². The highest BCUT2D eigenvalue weighted by molar-refractivity contribution is 5.85. The number of halogens is 4. The Morgan fingerprint density at radius 1 is 1.33 bits per heavy atom. The molecule has 1 heterocycles. The molecule has 0 radical (unpaired) electrons. The van der Waals surface area contributed by atoms with Crippen molar-refractivity contribution < 1.29 is 22.7 Å². The van der Waals surface area contributed by atoms with E-state index in [9.17, 15) is 18.0 Å². The fourth-order valence-electron chi connectivity index (χ4n) is 1.33. The Morgan fingerprint density at radius 3 is 2.33 bits per heavy atom. The summed E-state index contributed by atoms with van der Waals surface area (Å²) in [6, 6.07) is 0. The first-order valence-electron chi connectivity index (χ1n) is 4.43. The van der Waals surface area contributed by atoms with Crippen LogP contribution in [0.4, 0.5) is 13.2 Å². The van der Waals surface area contributed by atoms with Crippen LogP contribution in [0.25, 0.3) is 0 Å². The summed E-state index contributed by atoms with van der Waals surface area (Å²) in [5.41, 5.74) is 0. The quantitative estimate of drug-likeness (QED) is 0.752. The monoisotopic (exact) mass is 247 g/mol. The van der Waals surface area contributed by atoms with Crippen LogP contribution in [0.15, 0.2) is 0 Å². The average molecular weight is 248 g/mol. The highest BCUT2D eigenvalue weighted by atomic mass is 35.5. The molecule has 1 aliphatic rings. The molecular formula is C8H13ClF3NO2. The first kappa shape index (κ1) is 14.5. The number of alkyl halides is 3. The molecule has 0 atom stereocenters. The van der Waals surface area contributed by atoms with Crippen molar-refractivity contribution in [3.8, 4) is 0 Å². The van der Waals surface area contributed by atoms with Crippen LogP contribution in [0, 0.1) is 5.92 Å². The molecular weight excluding hydrogens is 235 g/mol. The lowest BCUT2D eigenvalue weighted by atomic mass is 9.99. The lowest BCUT2D eigenvalue weighted by Gasteiger charge is -2.21. The Bertz CT molecular complexity index is 205. The normalized spacial score (nSPS) is 18.1. The van der Waals surface area contributed by atoms with Gasteiger partial charge in [0.05, 0.1) is 5.92 Å². The van der Waals surface area contributed by atoms with Crippen molar-refractivity contribution in [3.05, 3.63) is 0 Å². The molecule has 1 rings (SSSR count). The van der Waals surface area contributed by atoms with Gasteiger partial charge in [-0.25, -0.2) is 0 Å². The molecule has 0 amide bonds. The van der Waals surface area contributed by atoms with Gasteiger partial charge in [0, 0.05) is 0 Å². The summed E-state index contributed by atoms with van der Waals surface area (Å²) in [7, 11) is 0. The maximum atomic E-state index is 11.7. The van der Waals surface area contributed by atoms with E-state index in [1.54, 1.807) is 0 Å². The van der Waals surface area contributed by atoms with Gasteiger partial charge in [-0.2, -0.15) is 13.2 Å². The molecule has 0 aliphatic carbocycles. The van der Waals surface area contributed by atoms with Crippen LogP contribution >= 0.6 is 12.4 Å². The van der Waals surface area contributed by atoms with Gasteiger partial charge in [-0.15, -0.1) is 12.4 Å². The van der Waals surface area contributed by atoms with Crippen LogP contribution < -0.4 is 5.32 Å². The molecule has 1 N–H and O–H groups in total. The number of ether oxygens (including phenoxy) is 1. The van der Waals surface area contributed by atoms with E-state index >= 15 is 0 Å². The molecule has 0 saturated carbocycles. The summed E-state index contributed by atoms with van der Waals surface area (Å²) in [5, 5.41) is 3.01. The highest BCUT2D eigenvalue weighted by Crippen LogP contribution is 2.18. The maximum absolute atomic E-state index is 11.7. The molecule has 0 aromatic heterocycles. The standard InChI is InChI=1S/C8H12F3NO2.ClH/c9-8(10,11)5-14-7(13)6-1-3-12-4-2-6;/h6,12H,1-5H2;1H. The van der Waals surface area contributed by atoms with E-state index in [0.717, 1.165) is 0 Å². The average Bonchev–Trinajstić information content (AvgIpc) is 2.14. The molecule has 1 fully saturated rings. The Labute approximate surface area is 91.8 Å². The number of hydrogen-bond acceptors (Lipinski definition) is 3. The van der Waals surface area contributed by atoms with Gasteiger partial charge in [-0.05, 0) is 25.9 Å². The van der Waals surface area contributed by atoms with Crippen molar-refractivity contribution in [2.24, 2.45) is 5.92 Å². The van der Waals surface area contributed by atoms with Crippen molar-refractivity contribution in [2.75, 3.05) is 19.7 Å². The van der Waals surface area contributed by atoms with Gasteiger partial charge in [0.2, 0.25) is 0 Å². The zero-order valence-corrected chi connectivity index (χ0v) is 8.79. The van der Waals surface area contributed by atoms with Gasteiger partial charge in [0.1, 0.15) is 0 Å². The molecule has 90 valence electrons. The minimum absolute atomic E-state index is 0. The molecule has 0 unspecified atom stereocenters. The van der Waals surface area contributed by atoms with Crippen LogP contribution in [0.2, 0.25) is 0 Å². The minimum Gasteiger partial charge on any atom is -0.456 e. The Balaban J connectivity index is 0.00000196. The van der Waals surface area contributed by atoms with Gasteiger partial charge in [0.15, 0.2) is 6.61 Å². The van der Waals surface area contributed by atoms with E-state index in [4.69, 9.17) is 0 Å². The fourth-order valence-corrected chi connectivity index (χ4v) is 1.33. The summed E-state index contributed by atoms with van der Waals surface area (Å²) in [6.07, 6.45) is -3.32. The summed E-state index contributed by atoms with van der Waals surface area (Å²) >= 11 is 0. The van der Waals surface area contributed by atoms with Gasteiger partial charge < -0.3 is 10.1 Å². The molecule has 0 bridgehead atoms. The maximum Gasteiger partial charge on any atom is 0.422 e. The third kappa shape index (κ3) is 5.84. The third-order valence-corrected chi connectivity index (χ3v) is 2.05. The van der Waals surface area contributed by atoms with Crippen LogP contribution in [-0.4, -0.2) is 31.8 Å². The molecule has 0 spiro atoms. The van der Waals surface area contributed by atoms with Crippen molar-refractivity contribution in [2.45, 2.75) is 19.0 Å². The Morgan fingerprint density at radius 2 is 1.87 bits per heavy atom. The number of nitrogens with one attached hydrogen (secondary N) is 1. The molecule has 1 aliphatic heterocycles. The molecule has 0 aromatic carbocycles. The largest absolute Gasteiger partial charge is 0.456 e. The number of carbonyl (C=O) groups is 1. The predicted molar refractivity (Wildman–Crippen MR) is 49.9 cm³/mol. The number of piperidine rings is 1. The first-order valence-corrected chi connectivity index (χ1v) is 4.43. The zero-order chi connectivity index (χ0) is 10.6. The second-order valence-electron chi connectivity index (χ2n) is 3.25. The van der Waals surface area contributed by atoms with E-state index in [1.807, 2.05) is 0 Å². The molecule has 1 saturated heterocycles. The van der Waals surface area contributed by atoms with E-state index in [2.05, 4.69) is 10.1 Å². The van der Waals surface area contributed by atoms with Crippen molar-refractivity contribution in [1.29, 1.82) is 0 Å². The van der Waals surface area contributed by atoms with Crippen LogP contribution in [-0.2, 0) is 9.53 Å². The lowest BCUT2D eigenvalue weighted by molar-refractivity contribution is -0.189. The number of esters is 1. The Kier molecular flexibility index (Phi) is 5.97. The van der Waals surface area contributed by atoms with Crippen LogP contribution in [0.3, 0.4) is 0 Å². The minimum atomic E-state index is -4.43. The second-order valence-corrected chi connectivity index (χ2v) is 3.25. The topological polar surface area (TPSA) is 38.3 Å². The SMILES string of the molecule is Cl.O=C(OCC(F)(F)F)C1CCNCC1. The summed E-state index contributed by atoms with van der Waals surface area (Å²) in [4.78, 5) is 11.1. The van der Waals surface area contributed by atoms with E-state index in [-0.39, 0.29) is 18.3 Å². The lowest BCUT2D eigenvalue weighted by Crippen LogP contribution is -2.34. The molecule has 0 aromatic rings. The molecule has 3 nitrogen and oxygen atoms in total. The zero-order valence-electron chi connectivity index (χ0n) is 7.97. The van der Waals surface area contributed by atoms with Gasteiger partial charge >= 0.3 is 12.1 Å². The van der Waals surface area contributed by atoms with Crippen LogP contribution in [0.1, 0.15) is 12.8 Å². The van der Waals surface area contributed by atoms with E-state index < -0.39 is 18.8 Å². The van der Waals surface area contributed by atoms with E-state index in [0.29, 0.717) is 25.9 Å². The second kappa shape index (κ2) is 6.17. The molecule has 7 heteroatoms. The summed E-state index contributed by atoms with van der Waals surface area (Å²) < 4.78 is 39.2. The van der Waals surface area contributed by atoms with Crippen molar-refractivity contribution in [1.82, 2.24) is 5.32 Å². The summed E-state index contributed by atoms with van der Waals surface area (Å²) in [6.45, 7) is -0.159. The van der Waals surface area contributed by atoms with Crippen molar-refractivity contribution >= 4 is 18.4 Å². The first-order chi connectivity index (χ1) is 6.49. The van der Waals surface area contributed by atoms with Crippen LogP contribution in [0.5, 0.6) is 0 Å². The number of hydrogen-bond donors (Lipinski definition) is 1. The predicted octanol–water partition coefficient (Wildman–Crippen LogP) is 1.51. The smallest absolute Gasteiger partial charge is 0.422 e. The van der Waals surface area contributed by atoms with Gasteiger partial charge in [-0.3, -0.25) is 4.79 Å². The van der Waals surface area contributed by atoms with Gasteiger partial charge in [0.25, 0.3) is 0 Å². The highest BCUT2D eigenvalue weighted by Gasteiger charge is 2.31. The number of rotatable bonds is 2. The fraction of sp³-hybridized carbons (Fsp3) is 0.875.